The maximum absolute atomic E-state index is 10.8. The van der Waals surface area contributed by atoms with E-state index in [0.717, 1.165) is 19.3 Å². The van der Waals surface area contributed by atoms with Gasteiger partial charge in [0, 0.05) is 12.5 Å². The van der Waals surface area contributed by atoms with E-state index in [1.165, 1.54) is 0 Å². The molecule has 1 unspecified atom stereocenters. The van der Waals surface area contributed by atoms with Crippen molar-refractivity contribution in [2.75, 3.05) is 0 Å². The average molecular weight is 155 g/mol. The van der Waals surface area contributed by atoms with Crippen molar-refractivity contribution in [3.05, 3.63) is 0 Å². The minimum absolute atomic E-state index is 0.222. The maximum atomic E-state index is 10.8. The zero-order valence-corrected chi connectivity index (χ0v) is 7.61. The molecule has 1 amide bonds. The van der Waals surface area contributed by atoms with Gasteiger partial charge in [-0.25, -0.2) is 0 Å². The number of hydrogen-bond donors (Lipinski definition) is 1. The van der Waals surface area contributed by atoms with Crippen LogP contribution < -0.4 is 5.32 Å². The summed E-state index contributed by atoms with van der Waals surface area (Å²) in [5.74, 6) is 0.222. The van der Waals surface area contributed by atoms with Gasteiger partial charge in [0.2, 0.25) is 5.91 Å². The molecule has 1 atom stereocenters. The van der Waals surface area contributed by atoms with Crippen molar-refractivity contribution >= 4 is 5.91 Å². The van der Waals surface area contributed by atoms with Crippen LogP contribution in [0.3, 0.4) is 0 Å². The molecule has 2 heteroatoms. The van der Waals surface area contributed by atoms with E-state index in [4.69, 9.17) is 0 Å². The molecular weight excluding hydrogens is 138 g/mol. The van der Waals surface area contributed by atoms with Crippen LogP contribution in [0, 0.1) is 5.41 Å². The molecule has 0 aromatic carbocycles. The van der Waals surface area contributed by atoms with E-state index in [2.05, 4.69) is 26.1 Å². The van der Waals surface area contributed by atoms with Crippen molar-refractivity contribution in [3.8, 4) is 0 Å². The van der Waals surface area contributed by atoms with Gasteiger partial charge in [0.05, 0.1) is 0 Å². The van der Waals surface area contributed by atoms with E-state index in [1.807, 2.05) is 0 Å². The number of rotatable bonds is 1. The van der Waals surface area contributed by atoms with Crippen molar-refractivity contribution in [3.63, 3.8) is 0 Å². The molecule has 1 heterocycles. The first-order valence-electron chi connectivity index (χ1n) is 4.27. The minimum atomic E-state index is 0.222. The van der Waals surface area contributed by atoms with Crippen LogP contribution in [-0.2, 0) is 4.79 Å². The first kappa shape index (κ1) is 8.57. The second-order valence-corrected chi connectivity index (χ2v) is 4.57. The Kier molecular flexibility index (Phi) is 2.21. The number of carbonyl (C=O) groups is 1. The highest BCUT2D eigenvalue weighted by atomic mass is 16.1. The summed E-state index contributed by atoms with van der Waals surface area (Å²) in [5, 5.41) is 2.97. The molecule has 1 fully saturated rings. The minimum Gasteiger partial charge on any atom is -0.353 e. The average Bonchev–Trinajstić information content (AvgIpc) is 2.10. The SMILES string of the molecule is CC(C)(C)CC1CCC(=O)N1. The summed E-state index contributed by atoms with van der Waals surface area (Å²) in [6.45, 7) is 6.62. The fraction of sp³-hybridized carbons (Fsp3) is 0.889. The van der Waals surface area contributed by atoms with Gasteiger partial charge in [-0.2, -0.15) is 0 Å². The lowest BCUT2D eigenvalue weighted by Gasteiger charge is -2.22. The topological polar surface area (TPSA) is 29.1 Å². The number of nitrogens with one attached hydrogen (secondary N) is 1. The van der Waals surface area contributed by atoms with Gasteiger partial charge in [0.1, 0.15) is 0 Å². The zero-order valence-electron chi connectivity index (χ0n) is 7.61. The lowest BCUT2D eigenvalue weighted by Crippen LogP contribution is -2.29. The molecule has 0 aromatic heterocycles. The Labute approximate surface area is 68.4 Å². The van der Waals surface area contributed by atoms with Gasteiger partial charge >= 0.3 is 0 Å². The fourth-order valence-corrected chi connectivity index (χ4v) is 1.57. The van der Waals surface area contributed by atoms with Gasteiger partial charge in [-0.15, -0.1) is 0 Å². The first-order chi connectivity index (χ1) is 4.97. The highest BCUT2D eigenvalue weighted by Gasteiger charge is 2.25. The lowest BCUT2D eigenvalue weighted by molar-refractivity contribution is -0.119. The summed E-state index contributed by atoms with van der Waals surface area (Å²) in [6, 6.07) is 0.433. The summed E-state index contributed by atoms with van der Waals surface area (Å²) in [5.41, 5.74) is 0.336. The Morgan fingerprint density at radius 3 is 2.55 bits per heavy atom. The molecule has 11 heavy (non-hydrogen) atoms. The van der Waals surface area contributed by atoms with E-state index < -0.39 is 0 Å². The molecule has 1 aliphatic heterocycles. The first-order valence-corrected chi connectivity index (χ1v) is 4.27. The van der Waals surface area contributed by atoms with Gasteiger partial charge in [0.15, 0.2) is 0 Å². The van der Waals surface area contributed by atoms with Crippen molar-refractivity contribution in [1.82, 2.24) is 5.32 Å². The normalized spacial score (nSPS) is 25.4. The van der Waals surface area contributed by atoms with E-state index in [-0.39, 0.29) is 5.91 Å². The molecule has 0 radical (unpaired) electrons. The molecule has 1 saturated heterocycles. The molecule has 0 spiro atoms. The van der Waals surface area contributed by atoms with E-state index in [0.29, 0.717) is 11.5 Å². The number of hydrogen-bond acceptors (Lipinski definition) is 1. The fourth-order valence-electron chi connectivity index (χ4n) is 1.57. The van der Waals surface area contributed by atoms with Gasteiger partial charge < -0.3 is 5.32 Å². The Morgan fingerprint density at radius 2 is 2.18 bits per heavy atom. The Bertz CT molecular complexity index is 157. The molecule has 2 nitrogen and oxygen atoms in total. The lowest BCUT2D eigenvalue weighted by atomic mass is 9.88. The molecule has 0 bridgehead atoms. The Morgan fingerprint density at radius 1 is 1.55 bits per heavy atom. The number of amides is 1. The molecule has 64 valence electrons. The maximum Gasteiger partial charge on any atom is 0.220 e. The summed E-state index contributed by atoms with van der Waals surface area (Å²) < 4.78 is 0. The Hall–Kier alpha value is -0.530. The van der Waals surface area contributed by atoms with Crippen LogP contribution in [0.1, 0.15) is 40.0 Å². The third kappa shape index (κ3) is 2.91. The van der Waals surface area contributed by atoms with E-state index >= 15 is 0 Å². The molecular formula is C9H17NO. The van der Waals surface area contributed by atoms with E-state index in [1.54, 1.807) is 0 Å². The summed E-state index contributed by atoms with van der Waals surface area (Å²) in [6.07, 6.45) is 2.84. The van der Waals surface area contributed by atoms with Crippen LogP contribution in [0.15, 0.2) is 0 Å². The quantitative estimate of drug-likeness (QED) is 0.613. The summed E-state index contributed by atoms with van der Waals surface area (Å²) >= 11 is 0. The van der Waals surface area contributed by atoms with Crippen LogP contribution in [0.25, 0.3) is 0 Å². The summed E-state index contributed by atoms with van der Waals surface area (Å²) in [7, 11) is 0. The largest absolute Gasteiger partial charge is 0.353 e. The predicted octanol–water partition coefficient (Wildman–Crippen LogP) is 1.70. The van der Waals surface area contributed by atoms with Crippen molar-refractivity contribution in [2.24, 2.45) is 5.41 Å². The van der Waals surface area contributed by atoms with Crippen molar-refractivity contribution < 1.29 is 4.79 Å². The third-order valence-corrected chi connectivity index (χ3v) is 1.94. The molecule has 0 aromatic rings. The molecule has 1 N–H and O–H groups in total. The van der Waals surface area contributed by atoms with Gasteiger partial charge in [0.25, 0.3) is 0 Å². The monoisotopic (exact) mass is 155 g/mol. The van der Waals surface area contributed by atoms with Crippen LogP contribution in [-0.4, -0.2) is 11.9 Å². The molecule has 0 aliphatic carbocycles. The van der Waals surface area contributed by atoms with Crippen LogP contribution in [0.5, 0.6) is 0 Å². The van der Waals surface area contributed by atoms with Crippen molar-refractivity contribution in [1.29, 1.82) is 0 Å². The highest BCUT2D eigenvalue weighted by Crippen LogP contribution is 2.24. The Balaban J connectivity index is 2.34. The highest BCUT2D eigenvalue weighted by molar-refractivity contribution is 5.78. The molecule has 1 rings (SSSR count). The van der Waals surface area contributed by atoms with Crippen LogP contribution >= 0.6 is 0 Å². The van der Waals surface area contributed by atoms with Gasteiger partial charge in [-0.05, 0) is 18.3 Å². The third-order valence-electron chi connectivity index (χ3n) is 1.94. The molecule has 1 aliphatic rings. The van der Waals surface area contributed by atoms with E-state index in [9.17, 15) is 4.79 Å². The molecule has 0 saturated carbocycles. The van der Waals surface area contributed by atoms with Gasteiger partial charge in [-0.1, -0.05) is 20.8 Å². The van der Waals surface area contributed by atoms with Gasteiger partial charge in [-0.3, -0.25) is 4.79 Å². The standard InChI is InChI=1S/C9H17NO/c1-9(2,3)6-7-4-5-8(11)10-7/h7H,4-6H2,1-3H3,(H,10,11). The second-order valence-electron chi connectivity index (χ2n) is 4.57. The predicted molar refractivity (Wildman–Crippen MR) is 45.2 cm³/mol. The van der Waals surface area contributed by atoms with Crippen LogP contribution in [0.2, 0.25) is 0 Å². The zero-order chi connectivity index (χ0) is 8.48. The van der Waals surface area contributed by atoms with Crippen molar-refractivity contribution in [2.45, 2.75) is 46.1 Å². The number of carbonyl (C=O) groups excluding carboxylic acids is 1. The summed E-state index contributed by atoms with van der Waals surface area (Å²) in [4.78, 5) is 10.8. The van der Waals surface area contributed by atoms with Crippen LogP contribution in [0.4, 0.5) is 0 Å². The second kappa shape index (κ2) is 2.84. The smallest absolute Gasteiger partial charge is 0.220 e.